The number of piperazine rings is 1. The topological polar surface area (TPSA) is 24.9 Å². The molecule has 2 aliphatic rings. The van der Waals surface area contributed by atoms with E-state index in [9.17, 15) is 0 Å². The van der Waals surface area contributed by atoms with Crippen molar-refractivity contribution in [3.05, 3.63) is 23.3 Å². The highest BCUT2D eigenvalue weighted by Gasteiger charge is 2.37. The van der Waals surface area contributed by atoms with E-state index >= 15 is 0 Å². The number of likely N-dealkylation sites (N-methyl/N-ethyl adjacent to an activating group) is 1. The van der Waals surface area contributed by atoms with Gasteiger partial charge in [-0.3, -0.25) is 4.90 Å². The molecule has 3 rings (SSSR count). The Morgan fingerprint density at radius 2 is 1.92 bits per heavy atom. The predicted molar refractivity (Wildman–Crippen MR) is 103 cm³/mol. The highest BCUT2D eigenvalue weighted by Crippen LogP contribution is 2.41. The van der Waals surface area contributed by atoms with Crippen molar-refractivity contribution in [2.75, 3.05) is 40.4 Å². The third-order valence-corrected chi connectivity index (χ3v) is 5.57. The molecule has 1 aromatic carbocycles. The molecular formula is C21H34N2O2. The zero-order chi connectivity index (χ0) is 18.2. The van der Waals surface area contributed by atoms with Crippen LogP contribution < -0.4 is 9.47 Å². The van der Waals surface area contributed by atoms with Crippen molar-refractivity contribution in [1.29, 1.82) is 0 Å². The van der Waals surface area contributed by atoms with Crippen LogP contribution in [0.1, 0.15) is 51.3 Å². The highest BCUT2D eigenvalue weighted by molar-refractivity contribution is 5.49. The van der Waals surface area contributed by atoms with Gasteiger partial charge in [0.15, 0.2) is 11.5 Å². The summed E-state index contributed by atoms with van der Waals surface area (Å²) in [5.41, 5.74) is 3.22. The molecule has 0 spiro atoms. The zero-order valence-electron chi connectivity index (χ0n) is 16.8. The van der Waals surface area contributed by atoms with Crippen molar-refractivity contribution in [3.63, 3.8) is 0 Å². The van der Waals surface area contributed by atoms with Gasteiger partial charge in [-0.2, -0.15) is 0 Å². The fraction of sp³-hybridized carbons (Fsp3) is 0.714. The molecule has 0 N–H and O–H groups in total. The molecule has 0 aromatic heterocycles. The van der Waals surface area contributed by atoms with Crippen molar-refractivity contribution in [2.45, 2.75) is 52.6 Å². The van der Waals surface area contributed by atoms with Crippen LogP contribution in [0.4, 0.5) is 0 Å². The van der Waals surface area contributed by atoms with Crippen LogP contribution in [-0.2, 0) is 6.42 Å². The quantitative estimate of drug-likeness (QED) is 0.829. The lowest BCUT2D eigenvalue weighted by Gasteiger charge is -2.49. The first kappa shape index (κ1) is 18.5. The molecule has 2 atom stereocenters. The Balaban J connectivity index is 1.85. The van der Waals surface area contributed by atoms with Crippen molar-refractivity contribution >= 4 is 0 Å². The standard InChI is InChI=1S/C21H34N2O2/c1-7-25-20-10-15-8-9-23-13-16(12-21(2,3)4)22(5)14-18(23)17(15)11-19(20)24-6/h10-11,16,18H,7-9,12-14H2,1-6H3/t16-,18?/m1/s1. The van der Waals surface area contributed by atoms with Crippen LogP contribution in [0.15, 0.2) is 12.1 Å². The summed E-state index contributed by atoms with van der Waals surface area (Å²) < 4.78 is 11.4. The molecule has 2 aliphatic heterocycles. The minimum absolute atomic E-state index is 0.370. The molecule has 4 heteroatoms. The van der Waals surface area contributed by atoms with E-state index in [2.05, 4.69) is 49.8 Å². The third kappa shape index (κ3) is 3.95. The highest BCUT2D eigenvalue weighted by atomic mass is 16.5. The molecule has 140 valence electrons. The maximum absolute atomic E-state index is 5.77. The van der Waals surface area contributed by atoms with E-state index in [1.807, 2.05) is 6.92 Å². The van der Waals surface area contributed by atoms with Crippen LogP contribution in [0.2, 0.25) is 0 Å². The van der Waals surface area contributed by atoms with Gasteiger partial charge in [-0.25, -0.2) is 0 Å². The molecule has 0 radical (unpaired) electrons. The number of hydrogen-bond donors (Lipinski definition) is 0. The summed E-state index contributed by atoms with van der Waals surface area (Å²) in [4.78, 5) is 5.24. The van der Waals surface area contributed by atoms with Crippen molar-refractivity contribution in [2.24, 2.45) is 5.41 Å². The molecule has 1 aromatic rings. The van der Waals surface area contributed by atoms with Crippen LogP contribution in [0.5, 0.6) is 11.5 Å². The lowest BCUT2D eigenvalue weighted by atomic mass is 9.84. The average molecular weight is 347 g/mol. The monoisotopic (exact) mass is 346 g/mol. The van der Waals surface area contributed by atoms with E-state index in [1.54, 1.807) is 7.11 Å². The molecule has 0 bridgehead atoms. The minimum atomic E-state index is 0.370. The fourth-order valence-electron chi connectivity index (χ4n) is 4.38. The first-order valence-corrected chi connectivity index (χ1v) is 9.60. The van der Waals surface area contributed by atoms with Crippen LogP contribution in [0.25, 0.3) is 0 Å². The van der Waals surface area contributed by atoms with Crippen LogP contribution in [0, 0.1) is 5.41 Å². The van der Waals surface area contributed by atoms with E-state index in [1.165, 1.54) is 17.5 Å². The van der Waals surface area contributed by atoms with Gasteiger partial charge in [-0.05, 0) is 55.5 Å². The van der Waals surface area contributed by atoms with Gasteiger partial charge in [0.1, 0.15) is 0 Å². The lowest BCUT2D eigenvalue weighted by Crippen LogP contribution is -2.55. The summed E-state index contributed by atoms with van der Waals surface area (Å²) in [5.74, 6) is 1.74. The molecule has 1 saturated heterocycles. The summed E-state index contributed by atoms with van der Waals surface area (Å²) in [6.45, 7) is 13.1. The number of nitrogens with zero attached hydrogens (tertiary/aromatic N) is 2. The number of hydrogen-bond acceptors (Lipinski definition) is 4. The molecule has 0 saturated carbocycles. The second-order valence-electron chi connectivity index (χ2n) is 8.75. The molecule has 25 heavy (non-hydrogen) atoms. The Morgan fingerprint density at radius 3 is 2.56 bits per heavy atom. The average Bonchev–Trinajstić information content (AvgIpc) is 2.54. The predicted octanol–water partition coefficient (Wildman–Crippen LogP) is 3.74. The van der Waals surface area contributed by atoms with Crippen LogP contribution >= 0.6 is 0 Å². The van der Waals surface area contributed by atoms with E-state index in [0.717, 1.165) is 37.6 Å². The van der Waals surface area contributed by atoms with Crippen molar-refractivity contribution < 1.29 is 9.47 Å². The molecule has 1 unspecified atom stereocenters. The molecule has 2 heterocycles. The molecule has 0 amide bonds. The van der Waals surface area contributed by atoms with Gasteiger partial charge < -0.3 is 14.4 Å². The second-order valence-corrected chi connectivity index (χ2v) is 8.75. The smallest absolute Gasteiger partial charge is 0.161 e. The van der Waals surface area contributed by atoms with Crippen LogP contribution in [0.3, 0.4) is 0 Å². The van der Waals surface area contributed by atoms with Gasteiger partial charge in [0.25, 0.3) is 0 Å². The maximum atomic E-state index is 5.77. The molecule has 0 aliphatic carbocycles. The van der Waals surface area contributed by atoms with Gasteiger partial charge in [-0.15, -0.1) is 0 Å². The molecule has 1 fully saturated rings. The summed E-state index contributed by atoms with van der Waals surface area (Å²) >= 11 is 0. The summed E-state index contributed by atoms with van der Waals surface area (Å²) in [7, 11) is 4.02. The Hall–Kier alpha value is -1.26. The Labute approximate surface area is 153 Å². The molecule has 4 nitrogen and oxygen atoms in total. The fourth-order valence-corrected chi connectivity index (χ4v) is 4.38. The van der Waals surface area contributed by atoms with E-state index in [-0.39, 0.29) is 0 Å². The zero-order valence-corrected chi connectivity index (χ0v) is 16.8. The van der Waals surface area contributed by atoms with E-state index < -0.39 is 0 Å². The largest absolute Gasteiger partial charge is 0.493 e. The normalized spacial score (nSPS) is 24.6. The van der Waals surface area contributed by atoms with Crippen molar-refractivity contribution in [3.8, 4) is 11.5 Å². The van der Waals surface area contributed by atoms with Gasteiger partial charge in [0, 0.05) is 31.7 Å². The molecular weight excluding hydrogens is 312 g/mol. The maximum Gasteiger partial charge on any atom is 0.161 e. The first-order chi connectivity index (χ1) is 11.8. The lowest BCUT2D eigenvalue weighted by molar-refractivity contribution is 0.0213. The number of ether oxygens (including phenoxy) is 2. The van der Waals surface area contributed by atoms with Crippen molar-refractivity contribution in [1.82, 2.24) is 9.80 Å². The second kappa shape index (κ2) is 7.16. The van der Waals surface area contributed by atoms with Gasteiger partial charge in [0.05, 0.1) is 13.7 Å². The van der Waals surface area contributed by atoms with E-state index in [0.29, 0.717) is 24.1 Å². The van der Waals surface area contributed by atoms with Gasteiger partial charge in [-0.1, -0.05) is 20.8 Å². The Bertz CT molecular complexity index is 609. The summed E-state index contributed by atoms with van der Waals surface area (Å²) in [6.07, 6.45) is 2.34. The Morgan fingerprint density at radius 1 is 1.16 bits per heavy atom. The first-order valence-electron chi connectivity index (χ1n) is 9.60. The van der Waals surface area contributed by atoms with Gasteiger partial charge in [0.2, 0.25) is 0 Å². The van der Waals surface area contributed by atoms with Crippen LogP contribution in [-0.4, -0.2) is 56.2 Å². The number of fused-ring (bicyclic) bond motifs is 3. The SMILES string of the molecule is CCOc1cc2c(cc1OC)C1CN(C)[C@H](CC(C)(C)C)CN1CC2. The van der Waals surface area contributed by atoms with E-state index in [4.69, 9.17) is 9.47 Å². The summed E-state index contributed by atoms with van der Waals surface area (Å²) in [6, 6.07) is 5.53. The number of benzene rings is 1. The number of rotatable bonds is 4. The van der Waals surface area contributed by atoms with Gasteiger partial charge >= 0.3 is 0 Å². The Kier molecular flexibility index (Phi) is 5.31. The summed E-state index contributed by atoms with van der Waals surface area (Å²) in [5, 5.41) is 0. The minimum Gasteiger partial charge on any atom is -0.493 e. The number of methoxy groups -OCH3 is 1. The third-order valence-electron chi connectivity index (χ3n) is 5.57.